The van der Waals surface area contributed by atoms with Gasteiger partial charge >= 0.3 is 0 Å². The molecule has 1 heterocycles. The Morgan fingerprint density at radius 2 is 1.90 bits per heavy atom. The number of benzene rings is 1. The largest absolute Gasteiger partial charge is 0.272 e. The van der Waals surface area contributed by atoms with Crippen LogP contribution in [0.15, 0.2) is 24.3 Å². The van der Waals surface area contributed by atoms with Gasteiger partial charge in [-0.2, -0.15) is 5.10 Å². The van der Waals surface area contributed by atoms with E-state index in [2.05, 4.69) is 17.4 Å². The number of hydrazine groups is 1. The van der Waals surface area contributed by atoms with Gasteiger partial charge in [0.2, 0.25) is 0 Å². The fourth-order valence-corrected chi connectivity index (χ4v) is 2.58. The third kappa shape index (κ3) is 3.39. The molecule has 2 aromatic rings. The van der Waals surface area contributed by atoms with Crippen LogP contribution in [0.5, 0.6) is 0 Å². The van der Waals surface area contributed by atoms with Crippen LogP contribution in [0.4, 0.5) is 0 Å². The first-order chi connectivity index (χ1) is 9.51. The molecule has 4 nitrogen and oxygen atoms in total. The lowest BCUT2D eigenvalue weighted by atomic mass is 9.98. The van der Waals surface area contributed by atoms with Crippen molar-refractivity contribution in [1.29, 1.82) is 0 Å². The third-order valence-electron chi connectivity index (χ3n) is 3.74. The standard InChI is InChI=1S/C15H21ClN4/c1-10-15(11(2)20(3)19-10)9-14(18-17)8-12-4-6-13(16)7-5-12/h4-7,14,18H,8-9,17H2,1-3H3. The number of halogens is 1. The highest BCUT2D eigenvalue weighted by Gasteiger charge is 2.15. The van der Waals surface area contributed by atoms with E-state index in [-0.39, 0.29) is 6.04 Å². The molecule has 1 unspecified atom stereocenters. The minimum atomic E-state index is 0.178. The molecule has 1 aromatic heterocycles. The zero-order valence-corrected chi connectivity index (χ0v) is 12.9. The molecule has 0 aliphatic carbocycles. The third-order valence-corrected chi connectivity index (χ3v) is 3.99. The highest BCUT2D eigenvalue weighted by molar-refractivity contribution is 6.30. The Kier molecular flexibility index (Phi) is 4.81. The molecule has 0 spiro atoms. The van der Waals surface area contributed by atoms with Gasteiger partial charge in [-0.05, 0) is 49.9 Å². The number of nitrogens with zero attached hydrogens (tertiary/aromatic N) is 2. The smallest absolute Gasteiger partial charge is 0.0628 e. The molecule has 0 radical (unpaired) electrons. The van der Waals surface area contributed by atoms with Crippen molar-refractivity contribution in [3.05, 3.63) is 51.8 Å². The summed E-state index contributed by atoms with van der Waals surface area (Å²) in [6.07, 6.45) is 1.73. The number of rotatable bonds is 5. The first kappa shape index (κ1) is 15.0. The SMILES string of the molecule is Cc1nn(C)c(C)c1CC(Cc1ccc(Cl)cc1)NN. The van der Waals surface area contributed by atoms with Crippen LogP contribution in [0, 0.1) is 13.8 Å². The van der Waals surface area contributed by atoms with E-state index in [1.807, 2.05) is 42.9 Å². The average Bonchev–Trinajstić information content (AvgIpc) is 2.66. The molecule has 1 aromatic carbocycles. The minimum absolute atomic E-state index is 0.178. The number of hydrogen-bond donors (Lipinski definition) is 2. The van der Waals surface area contributed by atoms with E-state index in [9.17, 15) is 0 Å². The van der Waals surface area contributed by atoms with Gasteiger partial charge in [-0.25, -0.2) is 0 Å². The maximum atomic E-state index is 5.90. The van der Waals surface area contributed by atoms with Crippen LogP contribution in [-0.2, 0) is 19.9 Å². The Balaban J connectivity index is 2.11. The molecule has 5 heteroatoms. The number of nitrogens with one attached hydrogen (secondary N) is 1. The lowest BCUT2D eigenvalue weighted by molar-refractivity contribution is 0.520. The molecule has 108 valence electrons. The van der Waals surface area contributed by atoms with Crippen molar-refractivity contribution in [3.63, 3.8) is 0 Å². The van der Waals surface area contributed by atoms with Crippen molar-refractivity contribution in [3.8, 4) is 0 Å². The highest BCUT2D eigenvalue weighted by atomic mass is 35.5. The molecule has 0 amide bonds. The van der Waals surface area contributed by atoms with Gasteiger partial charge in [0, 0.05) is 23.8 Å². The van der Waals surface area contributed by atoms with Gasteiger partial charge < -0.3 is 0 Å². The van der Waals surface area contributed by atoms with Gasteiger partial charge in [0.25, 0.3) is 0 Å². The van der Waals surface area contributed by atoms with Crippen LogP contribution in [0.2, 0.25) is 5.02 Å². The summed E-state index contributed by atoms with van der Waals surface area (Å²) in [5, 5.41) is 5.20. The van der Waals surface area contributed by atoms with Crippen molar-refractivity contribution in [2.24, 2.45) is 12.9 Å². The lowest BCUT2D eigenvalue weighted by Gasteiger charge is -2.16. The Labute approximate surface area is 124 Å². The fourth-order valence-electron chi connectivity index (χ4n) is 2.45. The van der Waals surface area contributed by atoms with E-state index in [1.165, 1.54) is 16.8 Å². The van der Waals surface area contributed by atoms with Crippen molar-refractivity contribution < 1.29 is 0 Å². The fraction of sp³-hybridized carbons (Fsp3) is 0.400. The molecule has 20 heavy (non-hydrogen) atoms. The van der Waals surface area contributed by atoms with Crippen LogP contribution in [0.3, 0.4) is 0 Å². The quantitative estimate of drug-likeness (QED) is 0.657. The van der Waals surface area contributed by atoms with Crippen LogP contribution in [-0.4, -0.2) is 15.8 Å². The molecule has 0 saturated carbocycles. The van der Waals surface area contributed by atoms with Gasteiger partial charge in [0.05, 0.1) is 5.69 Å². The molecule has 1 atom stereocenters. The summed E-state index contributed by atoms with van der Waals surface area (Å²) in [6.45, 7) is 4.13. The number of aromatic nitrogens is 2. The van der Waals surface area contributed by atoms with E-state index in [1.54, 1.807) is 0 Å². The molecule has 0 aliphatic heterocycles. The van der Waals surface area contributed by atoms with Crippen LogP contribution < -0.4 is 11.3 Å². The van der Waals surface area contributed by atoms with Crippen molar-refractivity contribution in [2.75, 3.05) is 0 Å². The van der Waals surface area contributed by atoms with Gasteiger partial charge in [0.1, 0.15) is 0 Å². The Hall–Kier alpha value is -1.36. The summed E-state index contributed by atoms with van der Waals surface area (Å²) >= 11 is 5.90. The zero-order chi connectivity index (χ0) is 14.7. The molecule has 2 rings (SSSR count). The summed E-state index contributed by atoms with van der Waals surface area (Å²) in [5.74, 6) is 5.70. The molecule has 0 fully saturated rings. The van der Waals surface area contributed by atoms with Crippen LogP contribution in [0.1, 0.15) is 22.5 Å². The Bertz CT molecular complexity index is 574. The summed E-state index contributed by atoms with van der Waals surface area (Å²) < 4.78 is 1.92. The topological polar surface area (TPSA) is 55.9 Å². The zero-order valence-electron chi connectivity index (χ0n) is 12.2. The number of nitrogens with two attached hydrogens (primary N) is 1. The normalized spacial score (nSPS) is 12.7. The summed E-state index contributed by atoms with van der Waals surface area (Å²) in [6, 6.07) is 8.07. The molecule has 0 bridgehead atoms. The molecular weight excluding hydrogens is 272 g/mol. The van der Waals surface area contributed by atoms with Crippen molar-refractivity contribution >= 4 is 11.6 Å². The molecule has 0 saturated heterocycles. The second-order valence-corrected chi connectivity index (χ2v) is 5.61. The van der Waals surface area contributed by atoms with E-state index in [0.717, 1.165) is 23.6 Å². The van der Waals surface area contributed by atoms with Gasteiger partial charge in [-0.15, -0.1) is 0 Å². The minimum Gasteiger partial charge on any atom is -0.272 e. The second-order valence-electron chi connectivity index (χ2n) is 5.17. The van der Waals surface area contributed by atoms with E-state index in [0.29, 0.717) is 0 Å². The van der Waals surface area contributed by atoms with Crippen LogP contribution in [0.25, 0.3) is 0 Å². The summed E-state index contributed by atoms with van der Waals surface area (Å²) in [4.78, 5) is 0. The predicted octanol–water partition coefficient (Wildman–Crippen LogP) is 2.31. The Morgan fingerprint density at radius 1 is 1.25 bits per heavy atom. The van der Waals surface area contributed by atoms with E-state index >= 15 is 0 Å². The van der Waals surface area contributed by atoms with E-state index < -0.39 is 0 Å². The summed E-state index contributed by atoms with van der Waals surface area (Å²) in [5.41, 5.74) is 7.66. The first-order valence-corrected chi connectivity index (χ1v) is 7.08. The lowest BCUT2D eigenvalue weighted by Crippen LogP contribution is -2.38. The maximum Gasteiger partial charge on any atom is 0.0628 e. The van der Waals surface area contributed by atoms with Crippen LogP contribution >= 0.6 is 11.6 Å². The number of aryl methyl sites for hydroxylation is 2. The first-order valence-electron chi connectivity index (χ1n) is 6.71. The second kappa shape index (κ2) is 6.39. The maximum absolute atomic E-state index is 5.90. The molecule has 0 aliphatic rings. The average molecular weight is 293 g/mol. The monoisotopic (exact) mass is 292 g/mol. The van der Waals surface area contributed by atoms with Crippen molar-refractivity contribution in [1.82, 2.24) is 15.2 Å². The predicted molar refractivity (Wildman–Crippen MR) is 82.7 cm³/mol. The van der Waals surface area contributed by atoms with Crippen molar-refractivity contribution in [2.45, 2.75) is 32.7 Å². The molecular formula is C15H21ClN4. The van der Waals surface area contributed by atoms with Gasteiger partial charge in [-0.3, -0.25) is 16.0 Å². The summed E-state index contributed by atoms with van der Waals surface area (Å²) in [7, 11) is 1.97. The van der Waals surface area contributed by atoms with Gasteiger partial charge in [0.15, 0.2) is 0 Å². The van der Waals surface area contributed by atoms with E-state index in [4.69, 9.17) is 17.4 Å². The number of hydrogen-bond acceptors (Lipinski definition) is 3. The molecule has 3 N–H and O–H groups in total. The highest BCUT2D eigenvalue weighted by Crippen LogP contribution is 2.17. The van der Waals surface area contributed by atoms with Gasteiger partial charge in [-0.1, -0.05) is 23.7 Å². The Morgan fingerprint density at radius 3 is 2.40 bits per heavy atom.